The van der Waals surface area contributed by atoms with Crippen LogP contribution in [0.25, 0.3) is 11.0 Å². The number of para-hydroxylation sites is 3. The molecule has 4 rings (SSSR count). The number of amides is 2. The van der Waals surface area contributed by atoms with Crippen LogP contribution in [-0.2, 0) is 16.0 Å². The first-order valence-electron chi connectivity index (χ1n) is 10.9. The summed E-state index contributed by atoms with van der Waals surface area (Å²) in [7, 11) is 1.64. The maximum atomic E-state index is 12.7. The number of rotatable bonds is 7. The fourth-order valence-electron chi connectivity index (χ4n) is 4.22. The Morgan fingerprint density at radius 1 is 1.16 bits per heavy atom. The van der Waals surface area contributed by atoms with Gasteiger partial charge >= 0.3 is 0 Å². The van der Waals surface area contributed by atoms with E-state index in [1.807, 2.05) is 53.4 Å². The lowest BCUT2D eigenvalue weighted by molar-refractivity contribution is -0.132. The van der Waals surface area contributed by atoms with Gasteiger partial charge in [-0.3, -0.25) is 14.5 Å². The van der Waals surface area contributed by atoms with E-state index in [-0.39, 0.29) is 24.4 Å². The van der Waals surface area contributed by atoms with Gasteiger partial charge in [0, 0.05) is 45.1 Å². The summed E-state index contributed by atoms with van der Waals surface area (Å²) in [5.74, 6) is 1.61. The van der Waals surface area contributed by atoms with Gasteiger partial charge in [-0.1, -0.05) is 30.3 Å². The van der Waals surface area contributed by atoms with Gasteiger partial charge in [-0.2, -0.15) is 0 Å². The lowest BCUT2D eigenvalue weighted by atomic mass is 10.0. The molecule has 2 amide bonds. The molecule has 8 heteroatoms. The van der Waals surface area contributed by atoms with E-state index in [9.17, 15) is 9.59 Å². The Balaban J connectivity index is 1.39. The van der Waals surface area contributed by atoms with Crippen LogP contribution in [0.5, 0.6) is 5.75 Å². The number of fused-ring (bicyclic) bond motifs is 1. The predicted octanol–water partition coefficient (Wildman–Crippen LogP) is 2.14. The summed E-state index contributed by atoms with van der Waals surface area (Å²) in [5, 5.41) is 3.00. The van der Waals surface area contributed by atoms with E-state index in [1.165, 1.54) is 0 Å². The minimum absolute atomic E-state index is 0.0415. The Labute approximate surface area is 187 Å². The molecule has 2 aromatic carbocycles. The number of aromatic amines is 1. The Morgan fingerprint density at radius 2 is 1.94 bits per heavy atom. The van der Waals surface area contributed by atoms with Crippen LogP contribution in [0.1, 0.15) is 24.4 Å². The maximum Gasteiger partial charge on any atom is 0.234 e. The zero-order chi connectivity index (χ0) is 22.5. The van der Waals surface area contributed by atoms with Crippen LogP contribution in [0.3, 0.4) is 0 Å². The Kier molecular flexibility index (Phi) is 6.70. The number of H-pyrrole nitrogens is 1. The highest BCUT2D eigenvalue weighted by Crippen LogP contribution is 2.32. The van der Waals surface area contributed by atoms with E-state index in [0.29, 0.717) is 32.6 Å². The third-order valence-corrected chi connectivity index (χ3v) is 5.90. The lowest BCUT2D eigenvalue weighted by Gasteiger charge is -2.41. The summed E-state index contributed by atoms with van der Waals surface area (Å²) in [6.45, 7) is 4.11. The molecule has 32 heavy (non-hydrogen) atoms. The second-order valence-corrected chi connectivity index (χ2v) is 7.99. The van der Waals surface area contributed by atoms with Crippen molar-refractivity contribution in [2.24, 2.45) is 0 Å². The molecule has 0 saturated carbocycles. The monoisotopic (exact) mass is 435 g/mol. The Bertz CT molecular complexity index is 1060. The number of benzene rings is 2. The highest BCUT2D eigenvalue weighted by atomic mass is 16.5. The van der Waals surface area contributed by atoms with E-state index in [4.69, 9.17) is 4.74 Å². The molecular formula is C24H29N5O3. The van der Waals surface area contributed by atoms with Crippen molar-refractivity contribution in [2.75, 3.05) is 39.8 Å². The number of methoxy groups -OCH3 is 1. The molecule has 1 atom stereocenters. The number of carbonyl (C=O) groups is 2. The normalized spacial score (nSPS) is 16.8. The van der Waals surface area contributed by atoms with Crippen LogP contribution >= 0.6 is 0 Å². The molecule has 0 spiro atoms. The standard InChI is InChI=1S/C24H29N5O3/c1-17(30)28-13-14-29(21(15-28)18-7-3-6-10-22(18)32-2)16-24(31)25-12-11-23-26-19-8-4-5-9-20(19)27-23/h3-10,21H,11-16H2,1-2H3,(H,25,31)(H,26,27)/t21-/m0/s1. The molecule has 2 heterocycles. The largest absolute Gasteiger partial charge is 0.496 e. The van der Waals surface area contributed by atoms with E-state index >= 15 is 0 Å². The third kappa shape index (κ3) is 4.91. The second-order valence-electron chi connectivity index (χ2n) is 7.99. The van der Waals surface area contributed by atoms with Crippen molar-refractivity contribution in [1.82, 2.24) is 25.1 Å². The zero-order valence-electron chi connectivity index (χ0n) is 18.5. The number of aromatic nitrogens is 2. The van der Waals surface area contributed by atoms with Gasteiger partial charge in [0.05, 0.1) is 30.7 Å². The number of nitrogens with one attached hydrogen (secondary N) is 2. The summed E-state index contributed by atoms with van der Waals surface area (Å²) in [6, 6.07) is 15.6. The first kappa shape index (κ1) is 21.8. The van der Waals surface area contributed by atoms with Gasteiger partial charge in [0.25, 0.3) is 0 Å². The average Bonchev–Trinajstić information content (AvgIpc) is 3.22. The fraction of sp³-hybridized carbons (Fsp3) is 0.375. The SMILES string of the molecule is COc1ccccc1[C@@H]1CN(C(C)=O)CCN1CC(=O)NCCc1nc2ccccc2[nH]1. The van der Waals surface area contributed by atoms with Gasteiger partial charge in [-0.25, -0.2) is 4.98 Å². The third-order valence-electron chi connectivity index (χ3n) is 5.90. The molecule has 0 radical (unpaired) electrons. The molecule has 1 aromatic heterocycles. The molecule has 1 saturated heterocycles. The highest BCUT2D eigenvalue weighted by molar-refractivity contribution is 5.78. The number of carbonyl (C=O) groups excluding carboxylic acids is 2. The van der Waals surface area contributed by atoms with Crippen molar-refractivity contribution in [3.05, 3.63) is 59.9 Å². The number of nitrogens with zero attached hydrogens (tertiary/aromatic N) is 3. The van der Waals surface area contributed by atoms with E-state index < -0.39 is 0 Å². The Hall–Kier alpha value is -3.39. The molecule has 0 unspecified atom stereocenters. The van der Waals surface area contributed by atoms with Gasteiger partial charge in [0.2, 0.25) is 11.8 Å². The molecule has 0 bridgehead atoms. The lowest BCUT2D eigenvalue weighted by Crippen LogP contribution is -2.52. The molecule has 3 aromatic rings. The molecule has 0 aliphatic carbocycles. The van der Waals surface area contributed by atoms with Gasteiger partial charge in [0.15, 0.2) is 0 Å². The summed E-state index contributed by atoms with van der Waals surface area (Å²) >= 11 is 0. The number of imidazole rings is 1. The van der Waals surface area contributed by atoms with Gasteiger partial charge in [-0.15, -0.1) is 0 Å². The quantitative estimate of drug-likeness (QED) is 0.593. The Morgan fingerprint density at radius 3 is 2.72 bits per heavy atom. The van der Waals surface area contributed by atoms with Crippen molar-refractivity contribution in [3.63, 3.8) is 0 Å². The smallest absolute Gasteiger partial charge is 0.234 e. The van der Waals surface area contributed by atoms with E-state index in [0.717, 1.165) is 28.2 Å². The van der Waals surface area contributed by atoms with Gasteiger partial charge < -0.3 is 19.9 Å². The molecule has 168 valence electrons. The van der Waals surface area contributed by atoms with Crippen LogP contribution in [0, 0.1) is 0 Å². The summed E-state index contributed by atoms with van der Waals surface area (Å²) < 4.78 is 5.55. The van der Waals surface area contributed by atoms with Crippen molar-refractivity contribution in [1.29, 1.82) is 0 Å². The maximum absolute atomic E-state index is 12.7. The van der Waals surface area contributed by atoms with E-state index in [2.05, 4.69) is 20.2 Å². The van der Waals surface area contributed by atoms with Crippen LogP contribution < -0.4 is 10.1 Å². The number of ether oxygens (including phenoxy) is 1. The van der Waals surface area contributed by atoms with Gasteiger partial charge in [0.1, 0.15) is 11.6 Å². The average molecular weight is 436 g/mol. The zero-order valence-corrected chi connectivity index (χ0v) is 18.5. The van der Waals surface area contributed by atoms with E-state index in [1.54, 1.807) is 14.0 Å². The molecule has 1 aliphatic rings. The minimum Gasteiger partial charge on any atom is -0.496 e. The van der Waals surface area contributed by atoms with Gasteiger partial charge in [-0.05, 0) is 18.2 Å². The molecule has 1 aliphatic heterocycles. The van der Waals surface area contributed by atoms with Crippen molar-refractivity contribution in [2.45, 2.75) is 19.4 Å². The second kappa shape index (κ2) is 9.82. The number of piperazine rings is 1. The van der Waals surface area contributed by atoms with Crippen molar-refractivity contribution in [3.8, 4) is 5.75 Å². The van der Waals surface area contributed by atoms with Crippen LogP contribution in [0.4, 0.5) is 0 Å². The highest BCUT2D eigenvalue weighted by Gasteiger charge is 2.32. The topological polar surface area (TPSA) is 90.6 Å². The predicted molar refractivity (Wildman–Crippen MR) is 122 cm³/mol. The molecule has 8 nitrogen and oxygen atoms in total. The minimum atomic E-state index is -0.107. The number of hydrogen-bond donors (Lipinski definition) is 2. The molecule has 2 N–H and O–H groups in total. The summed E-state index contributed by atoms with van der Waals surface area (Å²) in [6.07, 6.45) is 0.633. The summed E-state index contributed by atoms with van der Waals surface area (Å²) in [5.41, 5.74) is 2.91. The fourth-order valence-corrected chi connectivity index (χ4v) is 4.22. The number of hydrogen-bond acceptors (Lipinski definition) is 5. The molecule has 1 fully saturated rings. The molecular weight excluding hydrogens is 406 g/mol. The van der Waals surface area contributed by atoms with Crippen LogP contribution in [-0.4, -0.2) is 71.4 Å². The van der Waals surface area contributed by atoms with Crippen LogP contribution in [0.2, 0.25) is 0 Å². The van der Waals surface area contributed by atoms with Crippen molar-refractivity contribution < 1.29 is 14.3 Å². The first-order chi connectivity index (χ1) is 15.5. The summed E-state index contributed by atoms with van der Waals surface area (Å²) in [4.78, 5) is 36.5. The van der Waals surface area contributed by atoms with Crippen LogP contribution in [0.15, 0.2) is 48.5 Å². The van der Waals surface area contributed by atoms with Crippen molar-refractivity contribution >= 4 is 22.8 Å². The first-order valence-corrected chi connectivity index (χ1v) is 10.9.